The minimum Gasteiger partial charge on any atom is -0.468 e. The highest BCUT2D eigenvalue weighted by Crippen LogP contribution is 2.38. The largest absolute Gasteiger partial charge is 0.468 e. The first-order chi connectivity index (χ1) is 15.4. The number of rotatable bonds is 9. The number of methoxy groups -OCH3 is 1. The van der Waals surface area contributed by atoms with E-state index in [4.69, 9.17) is 14.2 Å². The predicted molar refractivity (Wildman–Crippen MR) is 129 cm³/mol. The van der Waals surface area contributed by atoms with Crippen LogP contribution in [-0.4, -0.2) is 60.6 Å². The number of hydrogen-bond acceptors (Lipinski definition) is 6. The molecular formula is C26H42N2O5. The number of carbonyl (C=O) groups excluding carboxylic acids is 2. The number of nitrogens with one attached hydrogen (secondary N) is 1. The lowest BCUT2D eigenvalue weighted by Gasteiger charge is -2.38. The number of carbonyl (C=O) groups is 2. The van der Waals surface area contributed by atoms with Crippen molar-refractivity contribution in [2.24, 2.45) is 5.92 Å². The van der Waals surface area contributed by atoms with Crippen LogP contribution in [0.4, 0.5) is 4.79 Å². The number of esters is 1. The average molecular weight is 463 g/mol. The van der Waals surface area contributed by atoms with Gasteiger partial charge in [-0.25, -0.2) is 4.79 Å². The van der Waals surface area contributed by atoms with Gasteiger partial charge in [0.1, 0.15) is 17.4 Å². The lowest BCUT2D eigenvalue weighted by molar-refractivity contribution is -0.143. The van der Waals surface area contributed by atoms with E-state index in [2.05, 4.69) is 31.3 Å². The van der Waals surface area contributed by atoms with E-state index in [0.717, 1.165) is 12.0 Å². The second-order valence-corrected chi connectivity index (χ2v) is 10.6. The Labute approximate surface area is 199 Å². The second-order valence-electron chi connectivity index (χ2n) is 10.6. The molecule has 0 aromatic heterocycles. The molecule has 1 N–H and O–H groups in total. The SMILES string of the molecule is COC(=O)[C@H](CC(C)C)NCC[C@@H](c1ccccc1)[C@H]1COC(C)(C)N1C(=O)OC(C)(C)C. The molecule has 3 atom stereocenters. The first-order valence-corrected chi connectivity index (χ1v) is 11.9. The van der Waals surface area contributed by atoms with Gasteiger partial charge in [-0.05, 0) is 65.5 Å². The van der Waals surface area contributed by atoms with Gasteiger partial charge >= 0.3 is 12.1 Å². The van der Waals surface area contributed by atoms with Gasteiger partial charge in [-0.3, -0.25) is 9.69 Å². The molecule has 1 aromatic carbocycles. The predicted octanol–water partition coefficient (Wildman–Crippen LogP) is 4.71. The number of benzene rings is 1. The molecule has 0 bridgehead atoms. The maximum Gasteiger partial charge on any atom is 0.412 e. The second kappa shape index (κ2) is 11.3. The highest BCUT2D eigenvalue weighted by atomic mass is 16.6. The van der Waals surface area contributed by atoms with Gasteiger partial charge in [-0.2, -0.15) is 0 Å². The van der Waals surface area contributed by atoms with Gasteiger partial charge in [0.2, 0.25) is 0 Å². The van der Waals surface area contributed by atoms with Gasteiger partial charge in [-0.1, -0.05) is 44.2 Å². The third-order valence-electron chi connectivity index (χ3n) is 5.84. The third-order valence-corrected chi connectivity index (χ3v) is 5.84. The zero-order valence-corrected chi connectivity index (χ0v) is 21.5. The van der Waals surface area contributed by atoms with E-state index >= 15 is 0 Å². The Morgan fingerprint density at radius 2 is 1.85 bits per heavy atom. The summed E-state index contributed by atoms with van der Waals surface area (Å²) in [6, 6.07) is 9.60. The fourth-order valence-corrected chi connectivity index (χ4v) is 4.37. The zero-order chi connectivity index (χ0) is 24.8. The number of amides is 1. The molecular weight excluding hydrogens is 420 g/mol. The van der Waals surface area contributed by atoms with Gasteiger partial charge in [-0.15, -0.1) is 0 Å². The minimum atomic E-state index is -0.778. The number of hydrogen-bond donors (Lipinski definition) is 1. The fraction of sp³-hybridized carbons (Fsp3) is 0.692. The summed E-state index contributed by atoms with van der Waals surface area (Å²) in [6.45, 7) is 14.6. The molecule has 0 saturated carbocycles. The van der Waals surface area contributed by atoms with Crippen LogP contribution in [0.2, 0.25) is 0 Å². The Bertz CT molecular complexity index is 773. The Balaban J connectivity index is 2.26. The molecule has 2 rings (SSSR count). The van der Waals surface area contributed by atoms with Crippen molar-refractivity contribution < 1.29 is 23.8 Å². The van der Waals surface area contributed by atoms with Gasteiger partial charge in [0, 0.05) is 5.92 Å². The highest BCUT2D eigenvalue weighted by Gasteiger charge is 2.48. The van der Waals surface area contributed by atoms with Gasteiger partial charge < -0.3 is 19.5 Å². The van der Waals surface area contributed by atoms with Crippen molar-refractivity contribution in [3.05, 3.63) is 35.9 Å². The van der Waals surface area contributed by atoms with Crippen molar-refractivity contribution >= 4 is 12.1 Å². The monoisotopic (exact) mass is 462 g/mol. The van der Waals surface area contributed by atoms with Crippen molar-refractivity contribution in [2.45, 2.75) is 90.6 Å². The molecule has 0 radical (unpaired) electrons. The van der Waals surface area contributed by atoms with E-state index in [9.17, 15) is 9.59 Å². The molecule has 7 heteroatoms. The molecule has 1 amide bonds. The zero-order valence-electron chi connectivity index (χ0n) is 21.5. The molecule has 0 aliphatic carbocycles. The summed E-state index contributed by atoms with van der Waals surface area (Å²) in [5.41, 5.74) is -0.258. The molecule has 1 saturated heterocycles. The Kier molecular flexibility index (Phi) is 9.32. The molecule has 1 fully saturated rings. The standard InChI is InChI=1S/C26H42N2O5/c1-18(2)16-21(23(29)31-8)27-15-14-20(19-12-10-9-11-13-19)22-17-32-26(6,7)28(22)24(30)33-25(3,4)5/h9-13,18,20-22,27H,14-17H2,1-8H3/t20-,21-,22+/m0/s1. The first kappa shape index (κ1) is 27.1. The van der Waals surface area contributed by atoms with E-state index in [1.165, 1.54) is 7.11 Å². The summed E-state index contributed by atoms with van der Waals surface area (Å²) >= 11 is 0. The number of nitrogens with zero attached hydrogens (tertiary/aromatic N) is 1. The molecule has 33 heavy (non-hydrogen) atoms. The smallest absolute Gasteiger partial charge is 0.412 e. The summed E-state index contributed by atoms with van der Waals surface area (Å²) in [4.78, 5) is 27.2. The third kappa shape index (κ3) is 7.71. The van der Waals surface area contributed by atoms with Crippen LogP contribution in [-0.2, 0) is 19.0 Å². The normalized spacial score (nSPS) is 19.9. The summed E-state index contributed by atoms with van der Waals surface area (Å²) in [5.74, 6) is 0.115. The molecule has 1 aromatic rings. The average Bonchev–Trinajstić information content (AvgIpc) is 3.03. The van der Waals surface area contributed by atoms with Crippen molar-refractivity contribution in [2.75, 3.05) is 20.3 Å². The molecule has 1 aliphatic rings. The van der Waals surface area contributed by atoms with Gasteiger partial charge in [0.05, 0.1) is 19.8 Å². The lowest BCUT2D eigenvalue weighted by atomic mass is 9.87. The quantitative estimate of drug-likeness (QED) is 0.536. The van der Waals surface area contributed by atoms with Crippen LogP contribution in [0.25, 0.3) is 0 Å². The fourth-order valence-electron chi connectivity index (χ4n) is 4.37. The van der Waals surface area contributed by atoms with Crippen molar-refractivity contribution in [3.8, 4) is 0 Å². The van der Waals surface area contributed by atoms with Crippen LogP contribution < -0.4 is 5.32 Å². The Morgan fingerprint density at radius 3 is 2.39 bits per heavy atom. The van der Waals surface area contributed by atoms with Crippen molar-refractivity contribution in [1.29, 1.82) is 0 Å². The van der Waals surface area contributed by atoms with Crippen LogP contribution in [0.5, 0.6) is 0 Å². The van der Waals surface area contributed by atoms with Crippen LogP contribution in [0.15, 0.2) is 30.3 Å². The molecule has 0 spiro atoms. The summed E-state index contributed by atoms with van der Waals surface area (Å²) in [7, 11) is 1.42. The van der Waals surface area contributed by atoms with Crippen LogP contribution in [0, 0.1) is 5.92 Å². The van der Waals surface area contributed by atoms with Crippen molar-refractivity contribution in [1.82, 2.24) is 10.2 Å². The van der Waals surface area contributed by atoms with Crippen LogP contribution in [0.3, 0.4) is 0 Å². The van der Waals surface area contributed by atoms with Gasteiger partial charge in [0.15, 0.2) is 0 Å². The van der Waals surface area contributed by atoms with Crippen LogP contribution >= 0.6 is 0 Å². The first-order valence-electron chi connectivity index (χ1n) is 11.9. The van der Waals surface area contributed by atoms with E-state index in [-0.39, 0.29) is 30.1 Å². The summed E-state index contributed by atoms with van der Waals surface area (Å²) < 4.78 is 16.8. The van der Waals surface area contributed by atoms with E-state index in [1.54, 1.807) is 4.90 Å². The molecule has 0 unspecified atom stereocenters. The molecule has 1 heterocycles. The summed E-state index contributed by atoms with van der Waals surface area (Å²) in [5, 5.41) is 3.38. The Morgan fingerprint density at radius 1 is 1.21 bits per heavy atom. The minimum absolute atomic E-state index is 0.00494. The maximum atomic E-state index is 13.2. The number of ether oxygens (including phenoxy) is 3. The summed E-state index contributed by atoms with van der Waals surface area (Å²) in [6.07, 6.45) is 1.04. The van der Waals surface area contributed by atoms with E-state index < -0.39 is 11.3 Å². The topological polar surface area (TPSA) is 77.1 Å². The van der Waals surface area contributed by atoms with E-state index in [0.29, 0.717) is 25.5 Å². The van der Waals surface area contributed by atoms with Crippen LogP contribution in [0.1, 0.15) is 72.8 Å². The lowest BCUT2D eigenvalue weighted by Crippen LogP contribution is -2.51. The van der Waals surface area contributed by atoms with Gasteiger partial charge in [0.25, 0.3) is 0 Å². The molecule has 186 valence electrons. The van der Waals surface area contributed by atoms with E-state index in [1.807, 2.05) is 52.8 Å². The van der Waals surface area contributed by atoms with Crippen molar-refractivity contribution in [3.63, 3.8) is 0 Å². The highest BCUT2D eigenvalue weighted by molar-refractivity contribution is 5.75. The maximum absolute atomic E-state index is 13.2. The molecule has 1 aliphatic heterocycles. The Hall–Kier alpha value is -2.12. The molecule has 7 nitrogen and oxygen atoms in total.